The first-order valence-corrected chi connectivity index (χ1v) is 12.8. The average Bonchev–Trinajstić information content (AvgIpc) is 3.45. The van der Waals surface area contributed by atoms with Crippen LogP contribution in [0.15, 0.2) is 90.6 Å². The van der Waals surface area contributed by atoms with Crippen molar-refractivity contribution in [2.24, 2.45) is 4.99 Å². The zero-order valence-corrected chi connectivity index (χ0v) is 21.8. The number of allylic oxidation sites excluding steroid dienone is 1. The van der Waals surface area contributed by atoms with Gasteiger partial charge in [0.25, 0.3) is 5.56 Å². The molecule has 0 saturated carbocycles. The summed E-state index contributed by atoms with van der Waals surface area (Å²) in [5.41, 5.74) is 1.72. The summed E-state index contributed by atoms with van der Waals surface area (Å²) in [6.45, 7) is 3.63. The fraction of sp³-hybridized carbons (Fsp3) is 0.148. The van der Waals surface area contributed by atoms with Crippen LogP contribution in [0.25, 0.3) is 17.4 Å². The molecule has 2 aromatic heterocycles. The number of fused-ring (bicyclic) bond motifs is 1. The molecule has 3 heterocycles. The largest absolute Gasteiger partial charge is 0.507 e. The van der Waals surface area contributed by atoms with Crippen LogP contribution in [-0.4, -0.2) is 22.2 Å². The van der Waals surface area contributed by atoms with E-state index in [1.807, 2.05) is 30.3 Å². The van der Waals surface area contributed by atoms with Gasteiger partial charge in [-0.1, -0.05) is 57.6 Å². The van der Waals surface area contributed by atoms with E-state index in [2.05, 4.69) is 20.9 Å². The third-order valence-electron chi connectivity index (χ3n) is 5.77. The van der Waals surface area contributed by atoms with Crippen molar-refractivity contribution in [3.05, 3.63) is 107 Å². The Bertz CT molecular complexity index is 1680. The first-order chi connectivity index (χ1) is 17.4. The van der Waals surface area contributed by atoms with Crippen LogP contribution in [-0.2, 0) is 9.53 Å². The predicted molar refractivity (Wildman–Crippen MR) is 140 cm³/mol. The number of nitrogens with zero attached hydrogens (tertiary/aromatic N) is 2. The molecule has 1 atom stereocenters. The Morgan fingerprint density at radius 2 is 1.94 bits per heavy atom. The molecule has 0 bridgehead atoms. The van der Waals surface area contributed by atoms with Crippen LogP contribution in [0.4, 0.5) is 0 Å². The molecule has 0 radical (unpaired) electrons. The molecule has 9 heteroatoms. The van der Waals surface area contributed by atoms with Gasteiger partial charge in [0.05, 0.1) is 22.4 Å². The summed E-state index contributed by atoms with van der Waals surface area (Å²) >= 11 is 4.62. The number of ether oxygens (including phenoxy) is 1. The fourth-order valence-electron chi connectivity index (χ4n) is 4.08. The molecule has 36 heavy (non-hydrogen) atoms. The van der Waals surface area contributed by atoms with Gasteiger partial charge in [-0.15, -0.1) is 0 Å². The van der Waals surface area contributed by atoms with Gasteiger partial charge in [-0.3, -0.25) is 9.36 Å². The number of hydrogen-bond acceptors (Lipinski definition) is 7. The summed E-state index contributed by atoms with van der Waals surface area (Å²) in [5, 5.41) is 10.2. The lowest BCUT2D eigenvalue weighted by atomic mass is 10.0. The number of esters is 1. The number of para-hydroxylation sites is 1. The molecule has 5 rings (SSSR count). The molecule has 0 saturated heterocycles. The highest BCUT2D eigenvalue weighted by Crippen LogP contribution is 2.34. The number of phenols is 1. The molecular weight excluding hydrogens is 544 g/mol. The Morgan fingerprint density at radius 3 is 2.67 bits per heavy atom. The third kappa shape index (κ3) is 4.36. The van der Waals surface area contributed by atoms with Crippen molar-refractivity contribution >= 4 is 39.3 Å². The van der Waals surface area contributed by atoms with E-state index < -0.39 is 12.0 Å². The van der Waals surface area contributed by atoms with E-state index in [0.717, 1.165) is 10.0 Å². The number of aromatic nitrogens is 1. The van der Waals surface area contributed by atoms with Crippen LogP contribution in [0, 0.1) is 0 Å². The highest BCUT2D eigenvalue weighted by molar-refractivity contribution is 9.10. The van der Waals surface area contributed by atoms with Gasteiger partial charge in [-0.25, -0.2) is 9.79 Å². The predicted octanol–water partition coefficient (Wildman–Crippen LogP) is 4.53. The number of phenolic OH excluding ortho intramolecular Hbond substituents is 1. The second-order valence-electron chi connectivity index (χ2n) is 8.07. The smallest absolute Gasteiger partial charge is 0.338 e. The van der Waals surface area contributed by atoms with E-state index >= 15 is 0 Å². The van der Waals surface area contributed by atoms with Crippen molar-refractivity contribution in [1.29, 1.82) is 0 Å². The van der Waals surface area contributed by atoms with Crippen LogP contribution < -0.4 is 14.9 Å². The Labute approximate surface area is 218 Å². The summed E-state index contributed by atoms with van der Waals surface area (Å²) in [7, 11) is 0. The van der Waals surface area contributed by atoms with Crippen LogP contribution in [0.1, 0.15) is 31.2 Å². The van der Waals surface area contributed by atoms with E-state index in [9.17, 15) is 14.7 Å². The fourth-order valence-corrected chi connectivity index (χ4v) is 5.38. The summed E-state index contributed by atoms with van der Waals surface area (Å²) < 4.78 is 14.3. The van der Waals surface area contributed by atoms with Gasteiger partial charge >= 0.3 is 5.97 Å². The zero-order valence-electron chi connectivity index (χ0n) is 19.4. The Kier molecular flexibility index (Phi) is 6.51. The summed E-state index contributed by atoms with van der Waals surface area (Å²) in [6.07, 6.45) is 1.62. The van der Waals surface area contributed by atoms with Crippen molar-refractivity contribution in [3.63, 3.8) is 0 Å². The number of aromatic hydroxyl groups is 1. The first-order valence-electron chi connectivity index (χ1n) is 11.2. The number of rotatable bonds is 5. The van der Waals surface area contributed by atoms with Gasteiger partial charge < -0.3 is 14.3 Å². The number of benzene rings is 2. The molecule has 7 nitrogen and oxygen atoms in total. The maximum Gasteiger partial charge on any atom is 0.338 e. The van der Waals surface area contributed by atoms with Crippen LogP contribution in [0.5, 0.6) is 5.75 Å². The minimum Gasteiger partial charge on any atom is -0.507 e. The molecule has 182 valence electrons. The van der Waals surface area contributed by atoms with Gasteiger partial charge in [-0.2, -0.15) is 0 Å². The highest BCUT2D eigenvalue weighted by Gasteiger charge is 2.35. The standard InChI is InChI=1S/C27H21BrN2O5S/c1-3-34-26(33)23-15(2)29-27-30(25(32)22(36-27)14-17-6-4-5-7-19(17)31)24(23)21-13-12-20(35-21)16-8-10-18(28)11-9-16/h4-14,24,31H,3H2,1-2H3/b22-14-/t24-/m0/s1. The first kappa shape index (κ1) is 24.0. The van der Waals surface area contributed by atoms with Crippen molar-refractivity contribution in [1.82, 2.24) is 4.57 Å². The average molecular weight is 565 g/mol. The van der Waals surface area contributed by atoms with Gasteiger partial charge in [0.1, 0.15) is 23.3 Å². The molecule has 1 N–H and O–H groups in total. The number of carbonyl (C=O) groups is 1. The van der Waals surface area contributed by atoms with E-state index in [0.29, 0.717) is 32.1 Å². The maximum atomic E-state index is 13.6. The molecule has 0 amide bonds. The lowest BCUT2D eigenvalue weighted by Crippen LogP contribution is -2.39. The van der Waals surface area contributed by atoms with E-state index in [-0.39, 0.29) is 23.5 Å². The number of furan rings is 1. The molecule has 4 aromatic rings. The number of halogens is 1. The lowest BCUT2D eigenvalue weighted by Gasteiger charge is -2.22. The van der Waals surface area contributed by atoms with Gasteiger partial charge in [0.2, 0.25) is 0 Å². The van der Waals surface area contributed by atoms with E-state index in [4.69, 9.17) is 9.15 Å². The molecular formula is C27H21BrN2O5S. The van der Waals surface area contributed by atoms with E-state index in [1.54, 1.807) is 50.3 Å². The molecule has 0 aliphatic carbocycles. The number of hydrogen-bond donors (Lipinski definition) is 1. The van der Waals surface area contributed by atoms with E-state index in [1.165, 1.54) is 15.9 Å². The molecule has 0 fully saturated rings. The minimum atomic E-state index is -0.851. The van der Waals surface area contributed by atoms with Crippen LogP contribution in [0.2, 0.25) is 0 Å². The van der Waals surface area contributed by atoms with Gasteiger partial charge in [-0.05, 0) is 50.3 Å². The Balaban J connectivity index is 1.70. The summed E-state index contributed by atoms with van der Waals surface area (Å²) in [5.74, 6) is 0.529. The zero-order chi connectivity index (χ0) is 25.4. The number of carbonyl (C=O) groups excluding carboxylic acids is 1. The molecule has 1 aliphatic heterocycles. The maximum absolute atomic E-state index is 13.6. The van der Waals surface area contributed by atoms with Crippen LogP contribution >= 0.6 is 27.3 Å². The van der Waals surface area contributed by atoms with Crippen molar-refractivity contribution in [2.45, 2.75) is 19.9 Å². The lowest BCUT2D eigenvalue weighted by molar-refractivity contribution is -0.139. The van der Waals surface area contributed by atoms with Gasteiger partial charge in [0.15, 0.2) is 4.80 Å². The van der Waals surface area contributed by atoms with Crippen molar-refractivity contribution in [2.75, 3.05) is 6.61 Å². The molecule has 0 spiro atoms. The van der Waals surface area contributed by atoms with Crippen molar-refractivity contribution in [3.8, 4) is 17.1 Å². The topological polar surface area (TPSA) is 94.0 Å². The second-order valence-corrected chi connectivity index (χ2v) is 9.99. The SMILES string of the molecule is CCOC(=O)C1=C(C)N=c2s/c(=C\c3ccccc3O)c(=O)n2[C@H]1c1ccc(-c2ccc(Br)cc2)o1. The van der Waals surface area contributed by atoms with Crippen LogP contribution in [0.3, 0.4) is 0 Å². The second kappa shape index (κ2) is 9.75. The van der Waals surface area contributed by atoms with Gasteiger partial charge in [0, 0.05) is 15.6 Å². The quantitative estimate of drug-likeness (QED) is 0.359. The minimum absolute atomic E-state index is 0.0634. The monoisotopic (exact) mass is 564 g/mol. The molecule has 0 unspecified atom stereocenters. The molecule has 1 aliphatic rings. The number of thiazole rings is 1. The summed E-state index contributed by atoms with van der Waals surface area (Å²) in [6, 6.07) is 17.1. The summed E-state index contributed by atoms with van der Waals surface area (Å²) in [4.78, 5) is 31.7. The third-order valence-corrected chi connectivity index (χ3v) is 7.28. The Hall–Kier alpha value is -3.69. The molecule has 2 aromatic carbocycles. The Morgan fingerprint density at radius 1 is 1.19 bits per heavy atom. The normalized spacial score (nSPS) is 15.5. The highest BCUT2D eigenvalue weighted by atomic mass is 79.9. The van der Waals surface area contributed by atoms with Crippen molar-refractivity contribution < 1.29 is 19.1 Å².